The SMILES string of the molecule is CC(C)(O)CC1CCN(C(=O)CN=Cc2cc(NC(=O)c3cccc(C(F)(F)F)n3)c(Cl)cc2N)CC1. The fraction of sp³-hybridized carbons (Fsp3) is 0.440. The number of benzene rings is 1. The van der Waals surface area contributed by atoms with Gasteiger partial charge < -0.3 is 21.1 Å². The highest BCUT2D eigenvalue weighted by atomic mass is 35.5. The first-order chi connectivity index (χ1) is 17.2. The molecule has 3 rings (SSSR count). The third-order valence-electron chi connectivity index (χ3n) is 5.91. The number of halogens is 4. The standard InChI is InChI=1S/C25H29ClF3N5O3/c1-24(2,37)12-15-6-8-34(9-7-15)22(35)14-31-13-16-10-20(17(26)11-18(16)30)33-23(36)19-4-3-5-21(32-19)25(27,28)29/h3-5,10-11,13,15,37H,6-9,12,14,30H2,1-2H3,(H,33,36). The molecule has 37 heavy (non-hydrogen) atoms. The van der Waals surface area contributed by atoms with Crippen molar-refractivity contribution in [2.75, 3.05) is 30.7 Å². The third-order valence-corrected chi connectivity index (χ3v) is 6.22. The van der Waals surface area contributed by atoms with Gasteiger partial charge in [0.05, 0.1) is 16.3 Å². The second-order valence-corrected chi connectivity index (χ2v) is 10.0. The van der Waals surface area contributed by atoms with E-state index in [-0.39, 0.29) is 28.8 Å². The maximum Gasteiger partial charge on any atom is 0.433 e. The summed E-state index contributed by atoms with van der Waals surface area (Å²) >= 11 is 6.16. The number of amides is 2. The van der Waals surface area contributed by atoms with Crippen molar-refractivity contribution in [1.82, 2.24) is 9.88 Å². The third kappa shape index (κ3) is 8.16. The average Bonchev–Trinajstić information content (AvgIpc) is 2.80. The number of nitrogens with two attached hydrogens (primary N) is 1. The smallest absolute Gasteiger partial charge is 0.398 e. The number of pyridine rings is 1. The summed E-state index contributed by atoms with van der Waals surface area (Å²) in [6, 6.07) is 5.78. The topological polar surface area (TPSA) is 121 Å². The van der Waals surface area contributed by atoms with Gasteiger partial charge in [-0.1, -0.05) is 17.7 Å². The lowest BCUT2D eigenvalue weighted by Crippen LogP contribution is -2.41. The van der Waals surface area contributed by atoms with Crippen LogP contribution < -0.4 is 11.1 Å². The number of aliphatic imine (C=N–C) groups is 1. The van der Waals surface area contributed by atoms with Crippen molar-refractivity contribution in [1.29, 1.82) is 0 Å². The predicted molar refractivity (Wildman–Crippen MR) is 136 cm³/mol. The molecule has 1 aliphatic rings. The van der Waals surface area contributed by atoms with Crippen molar-refractivity contribution in [2.45, 2.75) is 44.9 Å². The number of nitrogens with zero attached hydrogens (tertiary/aromatic N) is 3. The van der Waals surface area contributed by atoms with E-state index in [2.05, 4.69) is 15.3 Å². The van der Waals surface area contributed by atoms with Crippen LogP contribution in [0.15, 0.2) is 35.3 Å². The molecule has 1 aromatic heterocycles. The number of aliphatic hydroxyl groups is 1. The Morgan fingerprint density at radius 3 is 2.57 bits per heavy atom. The highest BCUT2D eigenvalue weighted by Crippen LogP contribution is 2.30. The Hall–Kier alpha value is -3.18. The first kappa shape index (κ1) is 28.4. The lowest BCUT2D eigenvalue weighted by Gasteiger charge is -2.34. The van der Waals surface area contributed by atoms with E-state index in [0.29, 0.717) is 31.0 Å². The molecule has 200 valence electrons. The van der Waals surface area contributed by atoms with Gasteiger partial charge >= 0.3 is 6.18 Å². The van der Waals surface area contributed by atoms with E-state index in [1.54, 1.807) is 18.7 Å². The number of nitrogens with one attached hydrogen (secondary N) is 1. The van der Waals surface area contributed by atoms with Crippen LogP contribution in [0.1, 0.15) is 54.9 Å². The molecule has 0 unspecified atom stereocenters. The molecule has 1 aliphatic heterocycles. The number of alkyl halides is 3. The second kappa shape index (κ2) is 11.5. The summed E-state index contributed by atoms with van der Waals surface area (Å²) < 4.78 is 38.7. The van der Waals surface area contributed by atoms with Crippen molar-refractivity contribution in [2.24, 2.45) is 10.9 Å². The molecular weight excluding hydrogens is 511 g/mol. The molecule has 8 nitrogen and oxygen atoms in total. The van der Waals surface area contributed by atoms with Crippen molar-refractivity contribution in [3.63, 3.8) is 0 Å². The van der Waals surface area contributed by atoms with Gasteiger partial charge in [0.2, 0.25) is 5.91 Å². The van der Waals surface area contributed by atoms with Crippen molar-refractivity contribution < 1.29 is 27.9 Å². The van der Waals surface area contributed by atoms with E-state index in [1.165, 1.54) is 18.3 Å². The van der Waals surface area contributed by atoms with Crippen LogP contribution in [-0.4, -0.2) is 58.3 Å². The summed E-state index contributed by atoms with van der Waals surface area (Å²) in [5.74, 6) is -0.667. The summed E-state index contributed by atoms with van der Waals surface area (Å²) in [5, 5.41) is 12.5. The molecule has 4 N–H and O–H groups in total. The highest BCUT2D eigenvalue weighted by molar-refractivity contribution is 6.34. The van der Waals surface area contributed by atoms with E-state index in [0.717, 1.165) is 31.0 Å². The predicted octanol–water partition coefficient (Wildman–Crippen LogP) is 4.41. The highest BCUT2D eigenvalue weighted by Gasteiger charge is 2.33. The maximum atomic E-state index is 12.9. The molecule has 0 radical (unpaired) electrons. The van der Waals surface area contributed by atoms with Gasteiger partial charge in [-0.25, -0.2) is 4.98 Å². The Morgan fingerprint density at radius 1 is 1.27 bits per heavy atom. The van der Waals surface area contributed by atoms with Gasteiger partial charge in [0.1, 0.15) is 17.9 Å². The molecule has 0 bridgehead atoms. The van der Waals surface area contributed by atoms with Crippen molar-refractivity contribution in [3.8, 4) is 0 Å². The first-order valence-corrected chi connectivity index (χ1v) is 12.1. The largest absolute Gasteiger partial charge is 0.433 e. The number of carbonyl (C=O) groups is 2. The van der Waals surface area contributed by atoms with Crippen LogP contribution in [0.25, 0.3) is 0 Å². The van der Waals surface area contributed by atoms with Gasteiger partial charge in [0.25, 0.3) is 5.91 Å². The number of carbonyl (C=O) groups excluding carboxylic acids is 2. The van der Waals surface area contributed by atoms with Crippen molar-refractivity contribution in [3.05, 3.63) is 52.3 Å². The minimum absolute atomic E-state index is 0.0694. The molecule has 2 amide bonds. The van der Waals surface area contributed by atoms with Gasteiger partial charge in [-0.3, -0.25) is 14.6 Å². The molecule has 1 saturated heterocycles. The van der Waals surface area contributed by atoms with Crippen LogP contribution in [-0.2, 0) is 11.0 Å². The molecule has 2 aromatic rings. The molecule has 1 fully saturated rings. The number of anilines is 2. The Balaban J connectivity index is 1.62. The Kier molecular flexibility index (Phi) is 8.80. The number of aromatic nitrogens is 1. The van der Waals surface area contributed by atoms with Gasteiger partial charge in [0.15, 0.2) is 0 Å². The van der Waals surface area contributed by atoms with Crippen molar-refractivity contribution >= 4 is 41.0 Å². The number of rotatable bonds is 7. The van der Waals surface area contributed by atoms with Gasteiger partial charge in [-0.05, 0) is 63.3 Å². The van der Waals surface area contributed by atoms with E-state index >= 15 is 0 Å². The molecule has 0 atom stereocenters. The monoisotopic (exact) mass is 539 g/mol. The zero-order valence-electron chi connectivity index (χ0n) is 20.5. The Bertz CT molecular complexity index is 1170. The van der Waals surface area contributed by atoms with Crippen LogP contribution in [0, 0.1) is 5.92 Å². The first-order valence-electron chi connectivity index (χ1n) is 11.7. The second-order valence-electron chi connectivity index (χ2n) is 9.63. The van der Waals surface area contributed by atoms with E-state index in [9.17, 15) is 27.9 Å². The van der Waals surface area contributed by atoms with Crippen LogP contribution >= 0.6 is 11.6 Å². The number of hydrogen-bond donors (Lipinski definition) is 3. The molecule has 2 heterocycles. The Morgan fingerprint density at radius 2 is 1.95 bits per heavy atom. The quantitative estimate of drug-likeness (QED) is 0.355. The van der Waals surface area contributed by atoms with Crippen LogP contribution in [0.5, 0.6) is 0 Å². The fourth-order valence-electron chi connectivity index (χ4n) is 4.13. The van der Waals surface area contributed by atoms with E-state index < -0.39 is 29.1 Å². The minimum atomic E-state index is -4.69. The Labute approximate surface area is 217 Å². The molecule has 0 spiro atoms. The van der Waals surface area contributed by atoms with Gasteiger partial charge in [-0.2, -0.15) is 13.2 Å². The lowest BCUT2D eigenvalue weighted by molar-refractivity contribution is -0.141. The number of likely N-dealkylation sites (tertiary alicyclic amines) is 1. The zero-order valence-corrected chi connectivity index (χ0v) is 21.2. The normalized spacial score (nSPS) is 15.3. The molecular formula is C25H29ClF3N5O3. The van der Waals surface area contributed by atoms with E-state index in [4.69, 9.17) is 17.3 Å². The van der Waals surface area contributed by atoms with Crippen LogP contribution in [0.2, 0.25) is 5.02 Å². The summed E-state index contributed by atoms with van der Waals surface area (Å²) in [6.07, 6.45) is -1.00. The van der Waals surface area contributed by atoms with E-state index in [1.807, 2.05) is 0 Å². The number of nitrogen functional groups attached to an aromatic ring is 1. The molecule has 0 saturated carbocycles. The van der Waals surface area contributed by atoms with Crippen LogP contribution in [0.3, 0.4) is 0 Å². The van der Waals surface area contributed by atoms with Gasteiger partial charge in [0, 0.05) is 30.6 Å². The summed E-state index contributed by atoms with van der Waals surface area (Å²) in [4.78, 5) is 34.3. The molecule has 12 heteroatoms. The minimum Gasteiger partial charge on any atom is -0.398 e. The van der Waals surface area contributed by atoms with Gasteiger partial charge in [-0.15, -0.1) is 0 Å². The summed E-state index contributed by atoms with van der Waals surface area (Å²) in [7, 11) is 0. The summed E-state index contributed by atoms with van der Waals surface area (Å²) in [5.41, 5.74) is 4.33. The summed E-state index contributed by atoms with van der Waals surface area (Å²) in [6.45, 7) is 4.64. The molecule has 0 aliphatic carbocycles. The number of hydrogen-bond acceptors (Lipinski definition) is 6. The molecule has 1 aromatic carbocycles. The zero-order chi connectivity index (χ0) is 27.4. The van der Waals surface area contributed by atoms with Crippen LogP contribution in [0.4, 0.5) is 24.5 Å². The maximum absolute atomic E-state index is 12.9. The average molecular weight is 540 g/mol. The fourth-order valence-corrected chi connectivity index (χ4v) is 4.35. The number of piperidine rings is 1. The lowest BCUT2D eigenvalue weighted by atomic mass is 9.86.